The van der Waals surface area contributed by atoms with Crippen LogP contribution >= 0.6 is 0 Å². The number of carbonyl (C=O) groups is 1. The second kappa shape index (κ2) is 51.2. The second-order valence-electron chi connectivity index (χ2n) is 23.9. The van der Waals surface area contributed by atoms with Gasteiger partial charge in [0.05, 0.1) is 38.6 Å². The number of carbonyl (C=O) groups excluding carboxylic acids is 1. The van der Waals surface area contributed by atoms with Crippen molar-refractivity contribution in [2.75, 3.05) is 26.4 Å². The molecule has 0 aromatic rings. The monoisotopic (exact) mass is 1260 g/mol. The summed E-state index contributed by atoms with van der Waals surface area (Å²) in [5.41, 5.74) is 0. The molecule has 512 valence electrons. The van der Waals surface area contributed by atoms with Gasteiger partial charge in [0.25, 0.3) is 0 Å². The first-order valence-corrected chi connectivity index (χ1v) is 34.0. The first-order valence-electron chi connectivity index (χ1n) is 34.0. The van der Waals surface area contributed by atoms with Crippen LogP contribution in [0.15, 0.2) is 97.2 Å². The maximum absolute atomic E-state index is 13.4. The van der Waals surface area contributed by atoms with Crippen LogP contribution in [0.5, 0.6) is 0 Å². The van der Waals surface area contributed by atoms with Crippen molar-refractivity contribution in [3.63, 3.8) is 0 Å². The van der Waals surface area contributed by atoms with Gasteiger partial charge in [-0.1, -0.05) is 207 Å². The number of amides is 1. The van der Waals surface area contributed by atoms with Crippen LogP contribution in [0.4, 0.5) is 0 Å². The Bertz CT molecular complexity index is 1990. The lowest BCUT2D eigenvalue weighted by molar-refractivity contribution is -0.379. The summed E-state index contributed by atoms with van der Waals surface area (Å²) in [6.07, 6.45) is 39.4. The van der Waals surface area contributed by atoms with Gasteiger partial charge in [0, 0.05) is 6.42 Å². The largest absolute Gasteiger partial charge is 0.394 e. The highest BCUT2D eigenvalue weighted by Crippen LogP contribution is 2.33. The van der Waals surface area contributed by atoms with Crippen molar-refractivity contribution in [2.45, 2.75) is 311 Å². The summed E-state index contributed by atoms with van der Waals surface area (Å²) in [6, 6.07) is -1.01. The molecule has 0 aromatic carbocycles. The lowest BCUT2D eigenvalue weighted by atomic mass is 9.96. The predicted molar refractivity (Wildman–Crippen MR) is 346 cm³/mol. The van der Waals surface area contributed by atoms with E-state index < -0.39 is 124 Å². The van der Waals surface area contributed by atoms with Gasteiger partial charge < -0.3 is 89.9 Å². The van der Waals surface area contributed by atoms with Crippen molar-refractivity contribution in [3.8, 4) is 0 Å². The molecule has 89 heavy (non-hydrogen) atoms. The lowest BCUT2D eigenvalue weighted by Gasteiger charge is -2.48. The van der Waals surface area contributed by atoms with Gasteiger partial charge >= 0.3 is 0 Å². The fourth-order valence-corrected chi connectivity index (χ4v) is 10.8. The van der Waals surface area contributed by atoms with Gasteiger partial charge in [-0.15, -0.1) is 0 Å². The zero-order valence-corrected chi connectivity index (χ0v) is 53.9. The van der Waals surface area contributed by atoms with E-state index in [1.54, 1.807) is 6.08 Å². The maximum Gasteiger partial charge on any atom is 0.220 e. The average Bonchev–Trinajstić information content (AvgIpc) is 2.44. The summed E-state index contributed by atoms with van der Waals surface area (Å²) in [7, 11) is 0. The summed E-state index contributed by atoms with van der Waals surface area (Å²) in [4.78, 5) is 13.4. The molecule has 3 fully saturated rings. The molecule has 0 bridgehead atoms. The molecule has 17 unspecified atom stereocenters. The number of nitrogens with one attached hydrogen (secondary N) is 1. The zero-order valence-electron chi connectivity index (χ0n) is 53.9. The average molecular weight is 1260 g/mol. The van der Waals surface area contributed by atoms with Crippen molar-refractivity contribution >= 4 is 5.91 Å². The highest BCUT2D eigenvalue weighted by molar-refractivity contribution is 5.76. The van der Waals surface area contributed by atoms with Gasteiger partial charge in [0.1, 0.15) is 73.2 Å². The molecule has 12 N–H and O–H groups in total. The molecule has 3 aliphatic rings. The molecule has 3 heterocycles. The first kappa shape index (κ1) is 79.9. The summed E-state index contributed by atoms with van der Waals surface area (Å²) < 4.78 is 34.3. The van der Waals surface area contributed by atoms with Crippen molar-refractivity contribution in [1.29, 1.82) is 0 Å². The van der Waals surface area contributed by atoms with Crippen molar-refractivity contribution < 1.29 is 89.4 Å². The fraction of sp³-hybridized carbons (Fsp3) is 0.757. The molecular formula is C70H119NO18. The molecule has 0 aliphatic carbocycles. The van der Waals surface area contributed by atoms with Crippen molar-refractivity contribution in [1.82, 2.24) is 5.32 Å². The number of hydrogen-bond acceptors (Lipinski definition) is 18. The Morgan fingerprint density at radius 3 is 1.26 bits per heavy atom. The molecule has 19 nitrogen and oxygen atoms in total. The highest BCUT2D eigenvalue weighted by atomic mass is 16.8. The molecule has 0 radical (unpaired) electrons. The minimum atomic E-state index is -1.99. The number of rotatable bonds is 50. The number of unbranched alkanes of at least 4 members (excludes halogenated alkanes) is 20. The first-order chi connectivity index (χ1) is 43.3. The van der Waals surface area contributed by atoms with Gasteiger partial charge in [-0.25, -0.2) is 0 Å². The Hall–Kier alpha value is -3.29. The number of aliphatic hydroxyl groups excluding tert-OH is 11. The standard InChI is InChI=1S/C70H119NO18/c1-3-5-7-9-11-13-15-17-19-21-23-24-25-26-27-28-30-32-34-36-38-40-42-44-46-48-58(76)71-53(54(75)47-45-43-41-39-37-35-33-31-29-22-20-18-16-14-12-10-8-6-4-2)52-84-68-64(82)61(79)66(56(50-73)86-68)89-70-65(83)62(80)67(57(51-74)87-70)88-69-63(81)60(78)59(77)55(49-72)85-69/h5,7,11,13,17,19,23-24,26-27,29,31,37,39,45,47,53-57,59-70,72-75,77-83H,3-4,6,8-10,12,14-16,18,20-22,25,28,30,32-36,38,40-44,46,48-52H2,1-2H3,(H,71,76)/b7-5-,13-11-,19-17-,24-23-,27-26-,31-29+,39-37+,47-45+. The van der Waals surface area contributed by atoms with Gasteiger partial charge in [-0.3, -0.25) is 4.79 Å². The van der Waals surface area contributed by atoms with Crippen molar-refractivity contribution in [2.24, 2.45) is 0 Å². The summed E-state index contributed by atoms with van der Waals surface area (Å²) in [6.45, 7) is 1.57. The molecule has 1 amide bonds. The van der Waals surface area contributed by atoms with Gasteiger partial charge in [0.2, 0.25) is 5.91 Å². The quantitative estimate of drug-likeness (QED) is 0.0201. The minimum Gasteiger partial charge on any atom is -0.394 e. The van der Waals surface area contributed by atoms with Crippen LogP contribution in [0.3, 0.4) is 0 Å². The zero-order chi connectivity index (χ0) is 64.7. The second-order valence-corrected chi connectivity index (χ2v) is 23.9. The lowest BCUT2D eigenvalue weighted by Crippen LogP contribution is -2.66. The maximum atomic E-state index is 13.4. The third kappa shape index (κ3) is 33.4. The van der Waals surface area contributed by atoms with E-state index in [1.165, 1.54) is 83.5 Å². The SMILES string of the molecule is CC/C=C\C/C=C\C/C=C\C/C=C\C/C=C\CCCCCCCCCCCC(=O)NC(COC1OC(CO)C(OC2OC(CO)C(OC3OC(CO)C(O)C(O)C3O)C(O)C2O)C(O)C1O)C(O)/C=C/CC/C=C/CC/C=C/CCCCCCCCCCC. The number of ether oxygens (including phenoxy) is 6. The number of allylic oxidation sites excluding steroid dienone is 15. The van der Waals surface area contributed by atoms with Crippen molar-refractivity contribution in [3.05, 3.63) is 97.2 Å². The van der Waals surface area contributed by atoms with Crippen LogP contribution in [0.2, 0.25) is 0 Å². The van der Waals surface area contributed by atoms with Gasteiger partial charge in [0.15, 0.2) is 18.9 Å². The molecule has 0 aromatic heterocycles. The Kier molecular flexibility index (Phi) is 46.0. The topological polar surface area (TPSA) is 307 Å². The Balaban J connectivity index is 1.47. The molecule has 3 saturated heterocycles. The summed E-state index contributed by atoms with van der Waals surface area (Å²) >= 11 is 0. The predicted octanol–water partition coefficient (Wildman–Crippen LogP) is 8.49. The number of hydrogen-bond donors (Lipinski definition) is 12. The molecule has 0 spiro atoms. The van der Waals surface area contributed by atoms with E-state index in [0.717, 1.165) is 89.9 Å². The summed E-state index contributed by atoms with van der Waals surface area (Å²) in [5.74, 6) is -0.300. The van der Waals surface area contributed by atoms with E-state index in [9.17, 15) is 61.0 Å². The Labute approximate surface area is 533 Å². The minimum absolute atomic E-state index is 0.219. The van der Waals surface area contributed by atoms with E-state index >= 15 is 0 Å². The molecule has 3 aliphatic heterocycles. The third-order valence-electron chi connectivity index (χ3n) is 16.3. The molecule has 17 atom stereocenters. The van der Waals surface area contributed by atoms with Crippen LogP contribution in [-0.2, 0) is 33.2 Å². The van der Waals surface area contributed by atoms with E-state index in [1.807, 2.05) is 6.08 Å². The fourth-order valence-electron chi connectivity index (χ4n) is 10.8. The Morgan fingerprint density at radius 2 is 0.787 bits per heavy atom. The highest BCUT2D eigenvalue weighted by Gasteiger charge is 2.53. The smallest absolute Gasteiger partial charge is 0.220 e. The summed E-state index contributed by atoms with van der Waals surface area (Å²) in [5, 5.41) is 120. The van der Waals surface area contributed by atoms with Gasteiger partial charge in [-0.2, -0.15) is 0 Å². The van der Waals surface area contributed by atoms with Crippen LogP contribution in [-0.4, -0.2) is 193 Å². The molecular weight excluding hydrogens is 1140 g/mol. The van der Waals surface area contributed by atoms with Gasteiger partial charge in [-0.05, 0) is 89.9 Å². The van der Waals surface area contributed by atoms with E-state index in [0.29, 0.717) is 12.8 Å². The van der Waals surface area contributed by atoms with Crippen LogP contribution in [0.25, 0.3) is 0 Å². The third-order valence-corrected chi connectivity index (χ3v) is 16.3. The van der Waals surface area contributed by atoms with Crippen LogP contribution in [0.1, 0.15) is 206 Å². The molecule has 3 rings (SSSR count). The number of aliphatic hydroxyl groups is 11. The molecule has 0 saturated carbocycles. The van der Waals surface area contributed by atoms with Crippen LogP contribution < -0.4 is 5.32 Å². The Morgan fingerprint density at radius 1 is 0.416 bits per heavy atom. The van der Waals surface area contributed by atoms with E-state index in [4.69, 9.17) is 28.4 Å². The van der Waals surface area contributed by atoms with E-state index in [-0.39, 0.29) is 18.9 Å². The normalized spacial score (nSPS) is 28.8. The molecule has 19 heteroatoms. The van der Waals surface area contributed by atoms with Crippen LogP contribution in [0, 0.1) is 0 Å². The van der Waals surface area contributed by atoms with E-state index in [2.05, 4.69) is 104 Å².